The Balaban J connectivity index is 0.00000364. The zero-order valence-corrected chi connectivity index (χ0v) is 18.8. The van der Waals surface area contributed by atoms with E-state index in [-0.39, 0.29) is 30.9 Å². The highest BCUT2D eigenvalue weighted by Gasteiger charge is 2.47. The van der Waals surface area contributed by atoms with Crippen molar-refractivity contribution in [3.05, 3.63) is 30.1 Å². The first-order chi connectivity index (χ1) is 12.6. The van der Waals surface area contributed by atoms with Gasteiger partial charge in [0.05, 0.1) is 0 Å². The van der Waals surface area contributed by atoms with Crippen molar-refractivity contribution in [2.75, 3.05) is 13.1 Å². The summed E-state index contributed by atoms with van der Waals surface area (Å²) in [6, 6.07) is 4.08. The third kappa shape index (κ3) is 7.76. The minimum Gasteiger partial charge on any atom is -0.450 e. The van der Waals surface area contributed by atoms with Crippen LogP contribution in [0.5, 0.6) is 0 Å². The van der Waals surface area contributed by atoms with E-state index in [9.17, 15) is 9.90 Å². The van der Waals surface area contributed by atoms with Gasteiger partial charge in [0.15, 0.2) is 0 Å². The zero-order chi connectivity index (χ0) is 18.8. The van der Waals surface area contributed by atoms with Crippen molar-refractivity contribution in [3.8, 4) is 0 Å². The molecule has 1 aromatic rings. The van der Waals surface area contributed by atoms with Crippen LogP contribution in [0.15, 0.2) is 24.5 Å². The van der Waals surface area contributed by atoms with Crippen molar-refractivity contribution in [1.82, 2.24) is 9.88 Å². The number of aromatic nitrogens is 1. The van der Waals surface area contributed by atoms with E-state index >= 15 is 0 Å². The number of rotatable bonds is 10. The lowest BCUT2D eigenvalue weighted by Gasteiger charge is -2.48. The Labute approximate surface area is 182 Å². The molecule has 1 N–H and O–H groups in total. The second kappa shape index (κ2) is 14.0. The van der Waals surface area contributed by atoms with Crippen LogP contribution in [0.25, 0.3) is 0 Å². The third-order valence-electron chi connectivity index (χ3n) is 5.49. The van der Waals surface area contributed by atoms with Crippen LogP contribution in [-0.4, -0.2) is 45.9 Å². The van der Waals surface area contributed by atoms with Gasteiger partial charge in [-0.25, -0.2) is 4.79 Å². The molecule has 0 bridgehead atoms. The molecule has 2 atom stereocenters. The number of pyridine rings is 1. The molecule has 0 unspecified atom stereocenters. The quantitative estimate of drug-likeness (QED) is 0.475. The topological polar surface area (TPSA) is 62.7 Å². The molecule has 162 valence electrons. The van der Waals surface area contributed by atoms with Crippen molar-refractivity contribution in [3.63, 3.8) is 0 Å². The molecule has 0 saturated heterocycles. The number of hydrogen-bond acceptors (Lipinski definition) is 4. The van der Waals surface area contributed by atoms with Gasteiger partial charge in [0.1, 0.15) is 5.60 Å². The molecule has 0 radical (unpaired) electrons. The van der Waals surface area contributed by atoms with Gasteiger partial charge in [-0.3, -0.25) is 9.88 Å². The average Bonchev–Trinajstić information content (AvgIpc) is 2.63. The van der Waals surface area contributed by atoms with E-state index in [1.807, 2.05) is 18.3 Å². The van der Waals surface area contributed by atoms with Crippen molar-refractivity contribution < 1.29 is 14.6 Å². The molecule has 0 aliphatic heterocycles. The van der Waals surface area contributed by atoms with Crippen LogP contribution in [0.3, 0.4) is 0 Å². The second-order valence-electron chi connectivity index (χ2n) is 7.48. The first-order valence-corrected chi connectivity index (χ1v) is 10.2. The number of carbonyl (C=O) groups is 1. The van der Waals surface area contributed by atoms with Gasteiger partial charge in [-0.2, -0.15) is 0 Å². The molecule has 1 heterocycles. The standard InChI is InChI=1S/C21H34N2O3.2ClH/c1-3-5-14-23(15-6-4-2)19-11-7-8-12-21(19,26-20(24)25)16-18-10-9-13-22-17-18;;/h9-10,13,17,19H,3-8,11-12,14-16H2,1-2H3,(H,24,25);2*1H/t19-,21+;;/m1../s1. The molecular weight excluding hydrogens is 399 g/mol. The SMILES string of the molecule is CCCCN(CCCC)[C@@H]1CCCC[C@@]1(Cc1cccnc1)OC(=O)O.Cl.Cl. The number of unbranched alkanes of at least 4 members (excludes halogenated alkanes) is 2. The van der Waals surface area contributed by atoms with Crippen molar-refractivity contribution in [1.29, 1.82) is 0 Å². The fraction of sp³-hybridized carbons (Fsp3) is 0.714. The molecule has 0 spiro atoms. The maximum atomic E-state index is 11.6. The Bertz CT molecular complexity index is 540. The normalized spacial score (nSPS) is 21.5. The smallest absolute Gasteiger partial charge is 0.450 e. The van der Waals surface area contributed by atoms with Crippen molar-refractivity contribution >= 4 is 31.0 Å². The summed E-state index contributed by atoms with van der Waals surface area (Å²) in [5, 5.41) is 9.50. The van der Waals surface area contributed by atoms with Crippen LogP contribution in [0.4, 0.5) is 4.79 Å². The molecule has 1 aliphatic rings. The lowest BCUT2D eigenvalue weighted by atomic mass is 9.75. The van der Waals surface area contributed by atoms with Gasteiger partial charge in [0.2, 0.25) is 0 Å². The lowest BCUT2D eigenvalue weighted by molar-refractivity contribution is -0.0963. The van der Waals surface area contributed by atoms with Gasteiger partial charge in [0, 0.05) is 24.9 Å². The molecule has 1 aromatic heterocycles. The summed E-state index contributed by atoms with van der Waals surface area (Å²) in [5.41, 5.74) is 0.376. The Morgan fingerprint density at radius 2 is 1.93 bits per heavy atom. The second-order valence-corrected chi connectivity index (χ2v) is 7.48. The predicted molar refractivity (Wildman–Crippen MR) is 118 cm³/mol. The van der Waals surface area contributed by atoms with E-state index in [2.05, 4.69) is 23.7 Å². The Morgan fingerprint density at radius 1 is 1.25 bits per heavy atom. The average molecular weight is 435 g/mol. The summed E-state index contributed by atoms with van der Waals surface area (Å²) in [5.74, 6) is 0. The largest absolute Gasteiger partial charge is 0.506 e. The Morgan fingerprint density at radius 3 is 2.46 bits per heavy atom. The van der Waals surface area contributed by atoms with E-state index in [1.165, 1.54) is 0 Å². The summed E-state index contributed by atoms with van der Waals surface area (Å²) in [7, 11) is 0. The van der Waals surface area contributed by atoms with Crippen LogP contribution in [-0.2, 0) is 11.2 Å². The van der Waals surface area contributed by atoms with Crippen LogP contribution in [0, 0.1) is 0 Å². The summed E-state index contributed by atoms with van der Waals surface area (Å²) in [6.45, 7) is 6.43. The maximum absolute atomic E-state index is 11.6. The van der Waals surface area contributed by atoms with E-state index in [0.29, 0.717) is 6.42 Å². The first-order valence-electron chi connectivity index (χ1n) is 10.2. The van der Waals surface area contributed by atoms with Gasteiger partial charge in [0.25, 0.3) is 0 Å². The van der Waals surface area contributed by atoms with Gasteiger partial charge >= 0.3 is 6.16 Å². The van der Waals surface area contributed by atoms with E-state index in [4.69, 9.17) is 4.74 Å². The van der Waals surface area contributed by atoms with Gasteiger partial charge in [-0.15, -0.1) is 24.8 Å². The Hall–Kier alpha value is -1.04. The van der Waals surface area contributed by atoms with Crippen molar-refractivity contribution in [2.45, 2.75) is 83.3 Å². The third-order valence-corrected chi connectivity index (χ3v) is 5.49. The van der Waals surface area contributed by atoms with E-state index < -0.39 is 11.8 Å². The molecule has 1 aliphatic carbocycles. The minimum absolute atomic E-state index is 0. The highest BCUT2D eigenvalue weighted by Crippen LogP contribution is 2.38. The van der Waals surface area contributed by atoms with Gasteiger partial charge < -0.3 is 9.84 Å². The number of hydrogen-bond donors (Lipinski definition) is 1. The number of nitrogens with zero attached hydrogens (tertiary/aromatic N) is 2. The monoisotopic (exact) mass is 434 g/mol. The van der Waals surface area contributed by atoms with Crippen LogP contribution in [0.2, 0.25) is 0 Å². The minimum atomic E-state index is -1.16. The molecule has 5 nitrogen and oxygen atoms in total. The lowest BCUT2D eigenvalue weighted by Crippen LogP contribution is -2.58. The molecule has 28 heavy (non-hydrogen) atoms. The highest BCUT2D eigenvalue weighted by molar-refractivity contribution is 5.85. The van der Waals surface area contributed by atoms with Crippen molar-refractivity contribution in [2.24, 2.45) is 0 Å². The number of halogens is 2. The molecule has 1 saturated carbocycles. The summed E-state index contributed by atoms with van der Waals surface area (Å²) < 4.78 is 5.68. The predicted octanol–water partition coefficient (Wildman–Crippen LogP) is 5.75. The fourth-order valence-electron chi connectivity index (χ4n) is 4.24. The van der Waals surface area contributed by atoms with Crippen LogP contribution >= 0.6 is 24.8 Å². The number of ether oxygens (including phenoxy) is 1. The summed E-state index contributed by atoms with van der Waals surface area (Å²) in [6.07, 6.45) is 11.5. The molecule has 2 rings (SSSR count). The number of carboxylic acid groups (broad SMARTS) is 1. The molecule has 0 amide bonds. The maximum Gasteiger partial charge on any atom is 0.506 e. The summed E-state index contributed by atoms with van der Waals surface area (Å²) >= 11 is 0. The highest BCUT2D eigenvalue weighted by atomic mass is 35.5. The Kier molecular flexibility index (Phi) is 13.5. The van der Waals surface area contributed by atoms with Gasteiger partial charge in [-0.05, 0) is 56.8 Å². The first kappa shape index (κ1) is 27.0. The van der Waals surface area contributed by atoms with Crippen LogP contribution < -0.4 is 0 Å². The van der Waals surface area contributed by atoms with E-state index in [1.54, 1.807) is 6.20 Å². The van der Waals surface area contributed by atoms with E-state index in [0.717, 1.165) is 70.0 Å². The van der Waals surface area contributed by atoms with Gasteiger partial charge in [-0.1, -0.05) is 39.2 Å². The van der Waals surface area contributed by atoms with Crippen LogP contribution in [0.1, 0.15) is 70.8 Å². The molecule has 7 heteroatoms. The molecular formula is C21H36Cl2N2O3. The fourth-order valence-corrected chi connectivity index (χ4v) is 4.24. The summed E-state index contributed by atoms with van der Waals surface area (Å²) in [4.78, 5) is 18.3. The molecule has 1 fully saturated rings. The zero-order valence-electron chi connectivity index (χ0n) is 17.1. The molecule has 0 aromatic carbocycles.